The Hall–Kier alpha value is -2.91. The Kier molecular flexibility index (Phi) is 6.36. The van der Waals surface area contributed by atoms with Gasteiger partial charge in [-0.3, -0.25) is 9.69 Å². The Bertz CT molecular complexity index is 1020. The van der Waals surface area contributed by atoms with E-state index in [2.05, 4.69) is 35.8 Å². The van der Waals surface area contributed by atoms with E-state index in [4.69, 9.17) is 0 Å². The van der Waals surface area contributed by atoms with Crippen LogP contribution in [0.25, 0.3) is 10.8 Å². The molecule has 0 N–H and O–H groups in total. The number of aromatic nitrogens is 4. The molecule has 1 amide bonds. The number of anilines is 1. The van der Waals surface area contributed by atoms with E-state index < -0.39 is 0 Å². The van der Waals surface area contributed by atoms with Gasteiger partial charge in [0.25, 0.3) is 5.91 Å². The summed E-state index contributed by atoms with van der Waals surface area (Å²) in [4.78, 5) is 37.4. The summed E-state index contributed by atoms with van der Waals surface area (Å²) in [7, 11) is 0. The fourth-order valence-corrected chi connectivity index (χ4v) is 5.25. The lowest BCUT2D eigenvalue weighted by atomic mass is 9.97. The second-order valence-corrected chi connectivity index (χ2v) is 9.20. The maximum atomic E-state index is 13.1. The third kappa shape index (κ3) is 4.78. The lowest BCUT2D eigenvalue weighted by Gasteiger charge is -2.39. The Morgan fingerprint density at radius 1 is 1.00 bits per heavy atom. The van der Waals surface area contributed by atoms with Crippen molar-refractivity contribution in [1.29, 1.82) is 0 Å². The van der Waals surface area contributed by atoms with Crippen molar-refractivity contribution in [3.05, 3.63) is 53.9 Å². The van der Waals surface area contributed by atoms with E-state index in [9.17, 15) is 4.79 Å². The molecular weight excluding hydrogens is 422 g/mol. The van der Waals surface area contributed by atoms with Gasteiger partial charge in [0, 0.05) is 69.8 Å². The summed E-state index contributed by atoms with van der Waals surface area (Å²) in [6.07, 6.45) is 7.45. The van der Waals surface area contributed by atoms with Crippen molar-refractivity contribution in [2.45, 2.75) is 12.8 Å². The van der Waals surface area contributed by atoms with Crippen LogP contribution in [-0.2, 0) is 0 Å². The zero-order valence-corrected chi connectivity index (χ0v) is 18.8. The summed E-state index contributed by atoms with van der Waals surface area (Å²) < 4.78 is 0. The van der Waals surface area contributed by atoms with Crippen molar-refractivity contribution in [3.8, 4) is 10.8 Å². The van der Waals surface area contributed by atoms with E-state index in [-0.39, 0.29) is 5.91 Å². The number of hydrogen-bond acceptors (Lipinski definition) is 8. The molecule has 2 aliphatic rings. The van der Waals surface area contributed by atoms with Gasteiger partial charge in [0.15, 0.2) is 10.8 Å². The highest BCUT2D eigenvalue weighted by atomic mass is 32.1. The zero-order chi connectivity index (χ0) is 21.8. The molecule has 0 saturated carbocycles. The van der Waals surface area contributed by atoms with Crippen molar-refractivity contribution < 1.29 is 4.79 Å². The molecule has 0 aliphatic carbocycles. The van der Waals surface area contributed by atoms with Crippen LogP contribution in [0.5, 0.6) is 0 Å². The molecule has 0 aromatic carbocycles. The second-order valence-electron chi connectivity index (χ2n) is 8.35. The summed E-state index contributed by atoms with van der Waals surface area (Å²) >= 11 is 1.42. The van der Waals surface area contributed by atoms with Crippen molar-refractivity contribution in [3.63, 3.8) is 0 Å². The quantitative estimate of drug-likeness (QED) is 0.593. The molecule has 166 valence electrons. The number of likely N-dealkylation sites (tertiary alicyclic amines) is 1. The molecule has 0 bridgehead atoms. The maximum absolute atomic E-state index is 13.1. The summed E-state index contributed by atoms with van der Waals surface area (Å²) in [6, 6.07) is 7.85. The summed E-state index contributed by atoms with van der Waals surface area (Å²) in [5.41, 5.74) is 0.502. The van der Waals surface area contributed by atoms with Gasteiger partial charge in [0.05, 0.1) is 0 Å². The smallest absolute Gasteiger partial charge is 0.273 e. The number of pyridine rings is 1. The lowest BCUT2D eigenvalue weighted by Crippen LogP contribution is -2.50. The molecule has 2 fully saturated rings. The van der Waals surface area contributed by atoms with Crippen LogP contribution in [0.1, 0.15) is 23.3 Å². The van der Waals surface area contributed by atoms with Crippen molar-refractivity contribution in [2.24, 2.45) is 5.92 Å². The van der Waals surface area contributed by atoms with Gasteiger partial charge in [0.2, 0.25) is 0 Å². The molecular formula is C23H27N7OS. The number of rotatable bonds is 5. The molecule has 9 heteroatoms. The van der Waals surface area contributed by atoms with E-state index in [0.717, 1.165) is 58.1 Å². The number of hydrogen-bond donors (Lipinski definition) is 0. The van der Waals surface area contributed by atoms with Crippen LogP contribution in [0.3, 0.4) is 0 Å². The predicted octanol–water partition coefficient (Wildman–Crippen LogP) is 2.67. The number of thiazole rings is 1. The number of piperidine rings is 1. The van der Waals surface area contributed by atoms with Crippen molar-refractivity contribution >= 4 is 23.1 Å². The fourth-order valence-electron chi connectivity index (χ4n) is 4.51. The first kappa shape index (κ1) is 21.0. The average molecular weight is 450 g/mol. The van der Waals surface area contributed by atoms with Crippen LogP contribution in [0.15, 0.2) is 48.2 Å². The molecule has 2 aliphatic heterocycles. The Morgan fingerprint density at radius 2 is 1.81 bits per heavy atom. The molecule has 2 saturated heterocycles. The van der Waals surface area contributed by atoms with Crippen LogP contribution in [0.2, 0.25) is 0 Å². The topological polar surface area (TPSA) is 78.4 Å². The standard InChI is InChI=1S/C23H27N7OS/c31-23(19-17-32-22(27-19)21-25-8-4-9-26-21)30-10-3-5-18(16-30)15-28-11-13-29(14-12-28)20-6-1-2-7-24-20/h1-2,4,6-9,17-18H,3,5,10-16H2. The van der Waals surface area contributed by atoms with Gasteiger partial charge < -0.3 is 9.80 Å². The van der Waals surface area contributed by atoms with Crippen LogP contribution in [-0.4, -0.2) is 81.5 Å². The lowest BCUT2D eigenvalue weighted by molar-refractivity contribution is 0.0632. The van der Waals surface area contributed by atoms with Crippen molar-refractivity contribution in [1.82, 2.24) is 29.7 Å². The molecule has 5 heterocycles. The minimum atomic E-state index is 0.0214. The third-order valence-electron chi connectivity index (χ3n) is 6.15. The van der Waals surface area contributed by atoms with Gasteiger partial charge in [-0.25, -0.2) is 19.9 Å². The first-order valence-corrected chi connectivity index (χ1v) is 12.0. The monoisotopic (exact) mass is 449 g/mol. The number of amides is 1. The molecule has 1 atom stereocenters. The minimum Gasteiger partial charge on any atom is -0.354 e. The van der Waals surface area contributed by atoms with Gasteiger partial charge in [-0.05, 0) is 37.0 Å². The van der Waals surface area contributed by atoms with Gasteiger partial charge in [-0.15, -0.1) is 11.3 Å². The normalized spacial score (nSPS) is 19.8. The predicted molar refractivity (Wildman–Crippen MR) is 125 cm³/mol. The SMILES string of the molecule is O=C(c1csc(-c2ncccn2)n1)N1CCCC(CN2CCN(c3ccccn3)CC2)C1. The molecule has 8 nitrogen and oxygen atoms in total. The first-order valence-electron chi connectivity index (χ1n) is 11.2. The minimum absolute atomic E-state index is 0.0214. The van der Waals surface area contributed by atoms with Gasteiger partial charge in [-0.2, -0.15) is 0 Å². The molecule has 5 rings (SSSR count). The van der Waals surface area contributed by atoms with Crippen LogP contribution < -0.4 is 4.90 Å². The average Bonchev–Trinajstić information content (AvgIpc) is 3.36. The number of piperazine rings is 1. The highest BCUT2D eigenvalue weighted by Crippen LogP contribution is 2.24. The summed E-state index contributed by atoms with van der Waals surface area (Å²) in [5, 5.41) is 2.52. The Morgan fingerprint density at radius 3 is 2.59 bits per heavy atom. The molecule has 0 spiro atoms. The highest BCUT2D eigenvalue weighted by Gasteiger charge is 2.28. The van der Waals surface area contributed by atoms with E-state index in [1.54, 1.807) is 18.5 Å². The van der Waals surface area contributed by atoms with Gasteiger partial charge in [-0.1, -0.05) is 6.07 Å². The van der Waals surface area contributed by atoms with Crippen LogP contribution in [0, 0.1) is 5.92 Å². The van der Waals surface area contributed by atoms with E-state index >= 15 is 0 Å². The molecule has 3 aromatic heterocycles. The summed E-state index contributed by atoms with van der Waals surface area (Å²) in [6.45, 7) is 6.71. The van der Waals surface area contributed by atoms with Gasteiger partial charge in [0.1, 0.15) is 11.5 Å². The first-order chi connectivity index (χ1) is 15.8. The number of carbonyl (C=O) groups is 1. The van der Waals surface area contributed by atoms with Gasteiger partial charge >= 0.3 is 0 Å². The number of nitrogens with zero attached hydrogens (tertiary/aromatic N) is 7. The van der Waals surface area contributed by atoms with Crippen LogP contribution in [0.4, 0.5) is 5.82 Å². The van der Waals surface area contributed by atoms with E-state index in [1.165, 1.54) is 17.8 Å². The highest BCUT2D eigenvalue weighted by molar-refractivity contribution is 7.13. The second kappa shape index (κ2) is 9.70. The molecule has 0 radical (unpaired) electrons. The summed E-state index contributed by atoms with van der Waals surface area (Å²) in [5.74, 6) is 2.15. The third-order valence-corrected chi connectivity index (χ3v) is 6.99. The fraction of sp³-hybridized carbons (Fsp3) is 0.435. The molecule has 3 aromatic rings. The zero-order valence-electron chi connectivity index (χ0n) is 18.0. The van der Waals surface area contributed by atoms with Crippen LogP contribution >= 0.6 is 11.3 Å². The van der Waals surface area contributed by atoms with E-state index in [1.807, 2.05) is 28.6 Å². The molecule has 32 heavy (non-hydrogen) atoms. The molecule has 1 unspecified atom stereocenters. The van der Waals surface area contributed by atoms with Crippen molar-refractivity contribution in [2.75, 3.05) is 50.7 Å². The Balaban J connectivity index is 1.15. The Labute approximate surface area is 192 Å². The van der Waals surface area contributed by atoms with E-state index in [0.29, 0.717) is 22.4 Å². The number of carbonyl (C=O) groups excluding carboxylic acids is 1. The largest absolute Gasteiger partial charge is 0.354 e. The maximum Gasteiger partial charge on any atom is 0.273 e.